The van der Waals surface area contributed by atoms with E-state index in [0.29, 0.717) is 19.6 Å². The number of hydrogen-bond acceptors (Lipinski definition) is 3. The maximum atomic E-state index is 12.4. The lowest BCUT2D eigenvalue weighted by Crippen LogP contribution is -2.50. The molecule has 16 heavy (non-hydrogen) atoms. The first-order valence-electron chi connectivity index (χ1n) is 5.45. The second-order valence-corrected chi connectivity index (χ2v) is 4.20. The number of morpholine rings is 1. The lowest BCUT2D eigenvalue weighted by atomic mass is 9.87. The van der Waals surface area contributed by atoms with Gasteiger partial charge in [-0.15, -0.1) is 0 Å². The molecule has 1 aliphatic rings. The van der Waals surface area contributed by atoms with Crippen LogP contribution >= 0.6 is 0 Å². The van der Waals surface area contributed by atoms with Gasteiger partial charge in [0.05, 0.1) is 12.7 Å². The Balaban J connectivity index is 2.70. The fourth-order valence-electron chi connectivity index (χ4n) is 1.62. The van der Waals surface area contributed by atoms with Crippen molar-refractivity contribution in [2.75, 3.05) is 26.4 Å². The van der Waals surface area contributed by atoms with Crippen LogP contribution < -0.4 is 0 Å². The number of hydrogen-bond donors (Lipinski definition) is 0. The Labute approximate surface area is 95.0 Å². The van der Waals surface area contributed by atoms with Gasteiger partial charge in [0, 0.05) is 13.1 Å². The summed E-state index contributed by atoms with van der Waals surface area (Å²) in [6.45, 7) is 3.84. The van der Waals surface area contributed by atoms with Crippen LogP contribution in [0.25, 0.3) is 0 Å². The van der Waals surface area contributed by atoms with Gasteiger partial charge in [-0.1, -0.05) is 6.92 Å². The topological polar surface area (TPSA) is 53.3 Å². The predicted molar refractivity (Wildman–Crippen MR) is 56.3 cm³/mol. The van der Waals surface area contributed by atoms with Crippen molar-refractivity contribution in [3.63, 3.8) is 0 Å². The third kappa shape index (κ3) is 2.50. The highest BCUT2D eigenvalue weighted by atomic mass is 19.1. The van der Waals surface area contributed by atoms with Gasteiger partial charge in [-0.25, -0.2) is 4.39 Å². The van der Waals surface area contributed by atoms with Crippen LogP contribution in [0.15, 0.2) is 0 Å². The number of amides is 1. The molecule has 1 amide bonds. The van der Waals surface area contributed by atoms with E-state index in [1.807, 2.05) is 6.07 Å². The number of rotatable bonds is 3. The lowest BCUT2D eigenvalue weighted by molar-refractivity contribution is -0.146. The maximum absolute atomic E-state index is 12.4. The van der Waals surface area contributed by atoms with Crippen LogP contribution in [0.3, 0.4) is 0 Å². The summed E-state index contributed by atoms with van der Waals surface area (Å²) >= 11 is 0. The number of halogens is 1. The number of ether oxygens (including phenoxy) is 1. The zero-order valence-electron chi connectivity index (χ0n) is 9.70. The molecule has 1 fully saturated rings. The van der Waals surface area contributed by atoms with E-state index in [9.17, 15) is 9.18 Å². The molecule has 2 atom stereocenters. The van der Waals surface area contributed by atoms with Gasteiger partial charge < -0.3 is 9.64 Å². The summed E-state index contributed by atoms with van der Waals surface area (Å²) in [7, 11) is 0. The van der Waals surface area contributed by atoms with Crippen molar-refractivity contribution in [2.45, 2.75) is 26.4 Å². The fraction of sp³-hybridized carbons (Fsp3) is 0.818. The molecule has 0 aromatic rings. The van der Waals surface area contributed by atoms with Crippen molar-refractivity contribution in [1.29, 1.82) is 5.26 Å². The quantitative estimate of drug-likeness (QED) is 0.727. The Bertz CT molecular complexity index is 303. The zero-order valence-corrected chi connectivity index (χ0v) is 9.70. The predicted octanol–water partition coefficient (Wildman–Crippen LogP) is 1.12. The molecule has 90 valence electrons. The number of carbonyl (C=O) groups is 1. The van der Waals surface area contributed by atoms with Crippen LogP contribution in [0.1, 0.15) is 20.3 Å². The van der Waals surface area contributed by atoms with Gasteiger partial charge in [-0.05, 0) is 13.3 Å². The summed E-state index contributed by atoms with van der Waals surface area (Å²) in [5.74, 6) is -0.223. The minimum Gasteiger partial charge on any atom is -0.372 e. The molecule has 0 aliphatic carbocycles. The number of carbonyl (C=O) groups excluding carboxylic acids is 1. The van der Waals surface area contributed by atoms with Crippen molar-refractivity contribution in [1.82, 2.24) is 4.90 Å². The molecular weight excluding hydrogens is 211 g/mol. The average Bonchev–Trinajstić information content (AvgIpc) is 2.37. The summed E-state index contributed by atoms with van der Waals surface area (Å²) in [6.07, 6.45) is -0.0857. The Morgan fingerprint density at radius 3 is 2.94 bits per heavy atom. The normalized spacial score (nSPS) is 24.6. The van der Waals surface area contributed by atoms with E-state index in [1.165, 1.54) is 4.90 Å². The van der Waals surface area contributed by atoms with Crippen molar-refractivity contribution in [3.8, 4) is 6.07 Å². The van der Waals surface area contributed by atoms with E-state index in [-0.39, 0.29) is 12.5 Å². The molecule has 1 heterocycles. The summed E-state index contributed by atoms with van der Waals surface area (Å²) < 4.78 is 17.6. The minimum absolute atomic E-state index is 0.223. The summed E-state index contributed by atoms with van der Waals surface area (Å²) in [5.41, 5.74) is -1.00. The van der Waals surface area contributed by atoms with E-state index in [0.717, 1.165) is 0 Å². The van der Waals surface area contributed by atoms with Gasteiger partial charge in [0.25, 0.3) is 0 Å². The summed E-state index contributed by atoms with van der Waals surface area (Å²) in [6, 6.07) is 2.03. The van der Waals surface area contributed by atoms with Gasteiger partial charge in [-0.3, -0.25) is 4.79 Å². The smallest absolute Gasteiger partial charge is 0.242 e. The molecule has 4 nitrogen and oxygen atoms in total. The Morgan fingerprint density at radius 1 is 1.75 bits per heavy atom. The van der Waals surface area contributed by atoms with Gasteiger partial charge in [-0.2, -0.15) is 5.26 Å². The number of nitriles is 1. The maximum Gasteiger partial charge on any atom is 0.242 e. The molecule has 0 spiro atoms. The molecule has 0 aromatic carbocycles. The van der Waals surface area contributed by atoms with Crippen molar-refractivity contribution < 1.29 is 13.9 Å². The van der Waals surface area contributed by atoms with E-state index in [4.69, 9.17) is 10.00 Å². The highest BCUT2D eigenvalue weighted by molar-refractivity contribution is 5.85. The molecule has 0 aromatic heterocycles. The first-order chi connectivity index (χ1) is 7.57. The van der Waals surface area contributed by atoms with Gasteiger partial charge >= 0.3 is 0 Å². The number of alkyl halides is 1. The van der Waals surface area contributed by atoms with Gasteiger partial charge in [0.2, 0.25) is 5.91 Å². The summed E-state index contributed by atoms with van der Waals surface area (Å²) in [5, 5.41) is 9.01. The summed E-state index contributed by atoms with van der Waals surface area (Å²) in [4.78, 5) is 13.6. The highest BCUT2D eigenvalue weighted by Crippen LogP contribution is 2.24. The molecule has 1 aliphatic heterocycles. The first kappa shape index (κ1) is 12.9. The minimum atomic E-state index is -1.00. The molecule has 1 saturated heterocycles. The third-order valence-corrected chi connectivity index (χ3v) is 3.02. The molecule has 0 radical (unpaired) electrons. The van der Waals surface area contributed by atoms with E-state index in [2.05, 4.69) is 0 Å². The zero-order chi connectivity index (χ0) is 12.2. The van der Waals surface area contributed by atoms with Crippen LogP contribution in [0, 0.1) is 16.7 Å². The Kier molecular flexibility index (Phi) is 4.25. The van der Waals surface area contributed by atoms with Crippen LogP contribution in [-0.4, -0.2) is 43.3 Å². The highest BCUT2D eigenvalue weighted by Gasteiger charge is 2.37. The second-order valence-electron chi connectivity index (χ2n) is 4.20. The largest absolute Gasteiger partial charge is 0.372 e. The Hall–Kier alpha value is -1.15. The molecule has 0 bridgehead atoms. The fourth-order valence-corrected chi connectivity index (χ4v) is 1.62. The molecule has 2 unspecified atom stereocenters. The second kappa shape index (κ2) is 5.26. The van der Waals surface area contributed by atoms with Crippen molar-refractivity contribution in [2.24, 2.45) is 5.41 Å². The molecular formula is C11H17FN2O2. The molecule has 5 heteroatoms. The monoisotopic (exact) mass is 228 g/mol. The first-order valence-corrected chi connectivity index (χ1v) is 5.45. The molecule has 0 N–H and O–H groups in total. The van der Waals surface area contributed by atoms with Gasteiger partial charge in [0.1, 0.15) is 18.2 Å². The lowest BCUT2D eigenvalue weighted by Gasteiger charge is -2.35. The van der Waals surface area contributed by atoms with Crippen LogP contribution in [0.5, 0.6) is 0 Å². The molecule has 0 saturated carbocycles. The third-order valence-electron chi connectivity index (χ3n) is 3.02. The SMILES string of the molecule is CCC(C)(C#N)C(=O)N1CCOC(CF)C1. The van der Waals surface area contributed by atoms with Crippen LogP contribution in [-0.2, 0) is 9.53 Å². The molecule has 1 rings (SSSR count). The number of nitrogens with zero attached hydrogens (tertiary/aromatic N) is 2. The van der Waals surface area contributed by atoms with Crippen LogP contribution in [0.2, 0.25) is 0 Å². The van der Waals surface area contributed by atoms with E-state index >= 15 is 0 Å². The van der Waals surface area contributed by atoms with Crippen molar-refractivity contribution >= 4 is 5.91 Å². The standard InChI is InChI=1S/C11H17FN2O2/c1-3-11(2,8-13)10(15)14-4-5-16-9(6-12)7-14/h9H,3-7H2,1-2H3. The van der Waals surface area contributed by atoms with Crippen molar-refractivity contribution in [3.05, 3.63) is 0 Å². The van der Waals surface area contributed by atoms with Crippen LogP contribution in [0.4, 0.5) is 4.39 Å². The average molecular weight is 228 g/mol. The van der Waals surface area contributed by atoms with E-state index < -0.39 is 18.2 Å². The van der Waals surface area contributed by atoms with Gasteiger partial charge in [0.15, 0.2) is 0 Å². The van der Waals surface area contributed by atoms with E-state index in [1.54, 1.807) is 13.8 Å². The Morgan fingerprint density at radius 2 is 2.44 bits per heavy atom.